The summed E-state index contributed by atoms with van der Waals surface area (Å²) in [7, 11) is 0. The second kappa shape index (κ2) is 11.0. The number of carbonyl (C=O) groups excluding carboxylic acids is 2. The number of imidazole rings is 1. The number of fused-ring (bicyclic) bond motifs is 1. The molecule has 1 aliphatic carbocycles. The number of ketones is 1. The topological polar surface area (TPSA) is 120 Å². The van der Waals surface area contributed by atoms with Gasteiger partial charge >= 0.3 is 0 Å². The Morgan fingerprint density at radius 1 is 1.10 bits per heavy atom. The maximum absolute atomic E-state index is 14.2. The number of nitrogens with one attached hydrogen (secondary N) is 3. The van der Waals surface area contributed by atoms with Gasteiger partial charge in [0.15, 0.2) is 5.78 Å². The van der Waals surface area contributed by atoms with Crippen molar-refractivity contribution in [3.05, 3.63) is 59.7 Å². The molecule has 2 aromatic heterocycles. The molecule has 0 radical (unpaired) electrons. The van der Waals surface area contributed by atoms with Crippen molar-refractivity contribution in [3.63, 3.8) is 0 Å². The minimum Gasteiger partial charge on any atom is -0.392 e. The number of aromatic amines is 1. The average Bonchev–Trinajstić information content (AvgIpc) is 3.57. The smallest absolute Gasteiger partial charge is 0.248 e. The van der Waals surface area contributed by atoms with E-state index >= 15 is 0 Å². The molecular formula is C30H37F2N5O3. The largest absolute Gasteiger partial charge is 0.392 e. The highest BCUT2D eigenvalue weighted by Crippen LogP contribution is 2.40. The summed E-state index contributed by atoms with van der Waals surface area (Å²) in [5, 5.41) is 16.3. The predicted molar refractivity (Wildman–Crippen MR) is 147 cm³/mol. The van der Waals surface area contributed by atoms with Gasteiger partial charge in [0.2, 0.25) is 11.8 Å². The first-order valence-corrected chi connectivity index (χ1v) is 13.9. The van der Waals surface area contributed by atoms with Gasteiger partial charge in [-0.05, 0) is 35.8 Å². The van der Waals surface area contributed by atoms with E-state index in [2.05, 4.69) is 46.4 Å². The number of aliphatic hydroxyl groups is 1. The lowest BCUT2D eigenvalue weighted by Gasteiger charge is -2.33. The van der Waals surface area contributed by atoms with Crippen LogP contribution in [0.15, 0.2) is 43.0 Å². The van der Waals surface area contributed by atoms with Crippen molar-refractivity contribution in [2.45, 2.75) is 94.2 Å². The quantitative estimate of drug-likeness (QED) is 0.350. The first-order chi connectivity index (χ1) is 18.9. The number of halogens is 2. The zero-order valence-electron chi connectivity index (χ0n) is 23.1. The number of rotatable bonds is 7. The summed E-state index contributed by atoms with van der Waals surface area (Å²) in [5.74, 6) is -5.32. The van der Waals surface area contributed by atoms with Gasteiger partial charge in [-0.15, -0.1) is 0 Å². The van der Waals surface area contributed by atoms with E-state index in [1.807, 2.05) is 24.3 Å². The number of H-pyrrole nitrogens is 1. The Balaban J connectivity index is 1.59. The average molecular weight is 554 g/mol. The van der Waals surface area contributed by atoms with E-state index in [1.54, 1.807) is 12.4 Å². The molecule has 8 nitrogen and oxygen atoms in total. The van der Waals surface area contributed by atoms with Crippen LogP contribution in [0.5, 0.6) is 0 Å². The van der Waals surface area contributed by atoms with Crippen molar-refractivity contribution in [3.8, 4) is 0 Å². The second-order valence-corrected chi connectivity index (χ2v) is 12.2. The molecule has 1 saturated heterocycles. The normalized spacial score (nSPS) is 23.1. The number of aliphatic hydroxyl groups excluding tert-OH is 1. The van der Waals surface area contributed by atoms with Crippen LogP contribution in [0, 0.1) is 0 Å². The third-order valence-corrected chi connectivity index (χ3v) is 8.27. The van der Waals surface area contributed by atoms with Gasteiger partial charge in [0.25, 0.3) is 0 Å². The molecule has 5 rings (SSSR count). The van der Waals surface area contributed by atoms with Gasteiger partial charge < -0.3 is 20.7 Å². The zero-order valence-corrected chi connectivity index (χ0v) is 23.1. The molecule has 2 aliphatic rings. The number of carbonyl (C=O) groups is 2. The van der Waals surface area contributed by atoms with E-state index in [0.717, 1.165) is 5.56 Å². The third-order valence-electron chi connectivity index (χ3n) is 8.27. The fraction of sp³-hybridized carbons (Fsp3) is 0.533. The molecule has 1 saturated carbocycles. The van der Waals surface area contributed by atoms with Gasteiger partial charge in [0.1, 0.15) is 0 Å². The molecule has 3 aromatic rings. The number of amides is 1. The highest BCUT2D eigenvalue weighted by atomic mass is 19.3. The molecule has 4 N–H and O–H groups in total. The maximum atomic E-state index is 14.2. The van der Waals surface area contributed by atoms with Crippen molar-refractivity contribution < 1.29 is 23.5 Å². The monoisotopic (exact) mass is 553 g/mol. The van der Waals surface area contributed by atoms with Crippen LogP contribution in [0.3, 0.4) is 0 Å². The Kier molecular flexibility index (Phi) is 7.76. The van der Waals surface area contributed by atoms with E-state index < -0.39 is 41.9 Å². The number of Topliss-reactive ketones (excluding diaryl/α,β-unsaturated/α-hetero) is 1. The number of benzene rings is 1. The van der Waals surface area contributed by atoms with Crippen LogP contribution in [-0.2, 0) is 15.0 Å². The second-order valence-electron chi connectivity index (χ2n) is 12.2. The maximum Gasteiger partial charge on any atom is 0.248 e. The summed E-state index contributed by atoms with van der Waals surface area (Å²) in [6.07, 6.45) is 3.99. The number of hydrogen-bond acceptors (Lipinski definition) is 6. The molecule has 0 bridgehead atoms. The highest BCUT2D eigenvalue weighted by Gasteiger charge is 2.43. The first kappa shape index (κ1) is 28.3. The predicted octanol–water partition coefficient (Wildman–Crippen LogP) is 4.11. The van der Waals surface area contributed by atoms with Crippen LogP contribution in [-0.4, -0.2) is 62.4 Å². The van der Waals surface area contributed by atoms with Crippen LogP contribution in [0.2, 0.25) is 0 Å². The van der Waals surface area contributed by atoms with Crippen molar-refractivity contribution in [2.24, 2.45) is 0 Å². The summed E-state index contributed by atoms with van der Waals surface area (Å²) >= 11 is 0. The van der Waals surface area contributed by atoms with E-state index in [1.165, 1.54) is 6.33 Å². The van der Waals surface area contributed by atoms with Crippen LogP contribution >= 0.6 is 0 Å². The van der Waals surface area contributed by atoms with Crippen LogP contribution in [0.25, 0.3) is 11.0 Å². The molecule has 10 heteroatoms. The number of alkyl halides is 2. The minimum atomic E-state index is -2.73. The SMILES string of the molecule is CC(C)(C)c1ccc(C(C(=O)C2CC(O)CN2)C(C(=O)NC2CCC(F)(F)CC2)c2cncc3[nH]cnc23)cc1. The van der Waals surface area contributed by atoms with Crippen LogP contribution in [0.4, 0.5) is 8.78 Å². The number of aromatic nitrogens is 3. The van der Waals surface area contributed by atoms with Crippen LogP contribution in [0.1, 0.15) is 81.4 Å². The molecule has 1 amide bonds. The lowest BCUT2D eigenvalue weighted by molar-refractivity contribution is -0.130. The van der Waals surface area contributed by atoms with Crippen LogP contribution < -0.4 is 10.6 Å². The van der Waals surface area contributed by atoms with Gasteiger partial charge in [-0.25, -0.2) is 13.8 Å². The minimum absolute atomic E-state index is 0.112. The first-order valence-electron chi connectivity index (χ1n) is 13.9. The Bertz CT molecular complexity index is 1360. The summed E-state index contributed by atoms with van der Waals surface area (Å²) in [6.45, 7) is 6.59. The molecular weight excluding hydrogens is 516 g/mol. The number of pyridine rings is 1. The van der Waals surface area contributed by atoms with Gasteiger partial charge in [0, 0.05) is 37.2 Å². The molecule has 40 heavy (non-hydrogen) atoms. The molecule has 2 fully saturated rings. The summed E-state index contributed by atoms with van der Waals surface area (Å²) in [6, 6.07) is 6.64. The Hall–Kier alpha value is -3.24. The van der Waals surface area contributed by atoms with Crippen molar-refractivity contribution >= 4 is 22.7 Å². The third kappa shape index (κ3) is 5.93. The molecule has 3 heterocycles. The fourth-order valence-corrected chi connectivity index (χ4v) is 5.92. The number of hydrogen-bond donors (Lipinski definition) is 4. The summed E-state index contributed by atoms with van der Waals surface area (Å²) < 4.78 is 27.7. The van der Waals surface area contributed by atoms with Gasteiger partial charge in [-0.3, -0.25) is 14.6 Å². The molecule has 4 atom stereocenters. The summed E-state index contributed by atoms with van der Waals surface area (Å²) in [4.78, 5) is 40.2. The van der Waals surface area contributed by atoms with Crippen molar-refractivity contribution in [2.75, 3.05) is 6.54 Å². The van der Waals surface area contributed by atoms with E-state index in [-0.39, 0.29) is 49.8 Å². The van der Waals surface area contributed by atoms with Crippen molar-refractivity contribution in [1.82, 2.24) is 25.6 Å². The van der Waals surface area contributed by atoms with Gasteiger partial charge in [0.05, 0.1) is 47.5 Å². The lowest BCUT2D eigenvalue weighted by atomic mass is 9.75. The molecule has 214 valence electrons. The van der Waals surface area contributed by atoms with Crippen molar-refractivity contribution in [1.29, 1.82) is 0 Å². The molecule has 4 unspecified atom stereocenters. The zero-order chi connectivity index (χ0) is 28.7. The highest BCUT2D eigenvalue weighted by molar-refractivity contribution is 6.00. The summed E-state index contributed by atoms with van der Waals surface area (Å²) in [5.41, 5.74) is 3.25. The molecule has 0 spiro atoms. The lowest BCUT2D eigenvalue weighted by Crippen LogP contribution is -2.46. The van der Waals surface area contributed by atoms with E-state index in [4.69, 9.17) is 0 Å². The molecule has 1 aromatic carbocycles. The molecule has 1 aliphatic heterocycles. The Morgan fingerprint density at radius 2 is 1.80 bits per heavy atom. The fourth-order valence-electron chi connectivity index (χ4n) is 5.92. The standard InChI is InChI=1S/C30H37F2N5O3/c1-29(2,3)18-6-4-17(5-7-18)24(27(39)22-12-20(38)13-34-22)25(21-14-33-15-23-26(21)36-16-35-23)28(40)37-19-8-10-30(31,32)11-9-19/h4-7,14-16,19-20,22,24-25,34,38H,8-13H2,1-3H3,(H,35,36)(H,37,40). The van der Waals surface area contributed by atoms with Gasteiger partial charge in [-0.1, -0.05) is 45.0 Å². The van der Waals surface area contributed by atoms with E-state index in [9.17, 15) is 23.5 Å². The number of nitrogens with zero attached hydrogens (tertiary/aromatic N) is 2. The van der Waals surface area contributed by atoms with Gasteiger partial charge in [-0.2, -0.15) is 0 Å². The Labute approximate surface area is 232 Å². The number of β-amino-alcohol motifs (C(OH)–C–C–N with tert-alkyl or cyclic N) is 1. The Morgan fingerprint density at radius 3 is 2.42 bits per heavy atom. The van der Waals surface area contributed by atoms with E-state index in [0.29, 0.717) is 22.2 Å².